The quantitative estimate of drug-likeness (QED) is 0.397. The molecule has 2 unspecified atom stereocenters. The molecule has 0 aromatic rings. The van der Waals surface area contributed by atoms with Crippen molar-refractivity contribution in [3.8, 4) is 0 Å². The lowest BCUT2D eigenvalue weighted by molar-refractivity contribution is 0.258. The van der Waals surface area contributed by atoms with Crippen LogP contribution in [-0.2, 0) is 0 Å². The molecule has 1 saturated heterocycles. The van der Waals surface area contributed by atoms with E-state index in [1.807, 2.05) is 13.0 Å². The number of likely N-dealkylation sites (tertiary alicyclic amines) is 1. The van der Waals surface area contributed by atoms with Gasteiger partial charge in [0.2, 0.25) is 0 Å². The van der Waals surface area contributed by atoms with Crippen LogP contribution in [0.5, 0.6) is 0 Å². The Morgan fingerprint density at radius 2 is 2.25 bits per heavy atom. The van der Waals surface area contributed by atoms with Gasteiger partial charge in [-0.15, -0.1) is 0 Å². The number of rotatable bonds is 6. The summed E-state index contributed by atoms with van der Waals surface area (Å²) in [4.78, 5) is 2.18. The van der Waals surface area contributed by atoms with Crippen molar-refractivity contribution in [3.63, 3.8) is 0 Å². The lowest BCUT2D eigenvalue weighted by Crippen LogP contribution is -2.42. The molecule has 20 heavy (non-hydrogen) atoms. The van der Waals surface area contributed by atoms with Gasteiger partial charge in [0.1, 0.15) is 5.84 Å². The van der Waals surface area contributed by atoms with Gasteiger partial charge in [-0.25, -0.2) is 0 Å². The fourth-order valence-electron chi connectivity index (χ4n) is 2.51. The van der Waals surface area contributed by atoms with E-state index in [1.54, 1.807) is 0 Å². The molecular weight excluding hydrogens is 248 g/mol. The standard InChI is InChI=1S/C16H30N4/c1-5-14(11-17)19-15(12(2)3)10-16(18)20-9-7-6-8-13(20)4/h10,13-14,18-19H,2,5-9,11,17H2,1,3-4H3/b15-10-,18-16?. The van der Waals surface area contributed by atoms with Crippen molar-refractivity contribution in [2.45, 2.75) is 58.5 Å². The third-order valence-corrected chi connectivity index (χ3v) is 3.99. The topological polar surface area (TPSA) is 65.1 Å². The fraction of sp³-hybridized carbons (Fsp3) is 0.688. The number of hydrogen-bond acceptors (Lipinski definition) is 3. The van der Waals surface area contributed by atoms with Gasteiger partial charge in [0.15, 0.2) is 0 Å². The summed E-state index contributed by atoms with van der Waals surface area (Å²) in [6, 6.07) is 0.694. The molecule has 0 spiro atoms. The molecule has 0 aromatic carbocycles. The maximum Gasteiger partial charge on any atom is 0.122 e. The molecular formula is C16H30N4. The van der Waals surface area contributed by atoms with Crippen LogP contribution in [0.25, 0.3) is 0 Å². The Hall–Kier alpha value is -1.29. The Morgan fingerprint density at radius 3 is 2.75 bits per heavy atom. The van der Waals surface area contributed by atoms with Crippen molar-refractivity contribution in [1.29, 1.82) is 5.41 Å². The first-order chi connectivity index (χ1) is 9.49. The van der Waals surface area contributed by atoms with Gasteiger partial charge < -0.3 is 16.0 Å². The van der Waals surface area contributed by atoms with Crippen molar-refractivity contribution in [2.24, 2.45) is 5.73 Å². The average molecular weight is 278 g/mol. The zero-order valence-electron chi connectivity index (χ0n) is 13.2. The summed E-state index contributed by atoms with van der Waals surface area (Å²) in [5.41, 5.74) is 7.63. The molecule has 0 aliphatic carbocycles. The number of nitrogens with two attached hydrogens (primary N) is 1. The van der Waals surface area contributed by atoms with Crippen LogP contribution >= 0.6 is 0 Å². The lowest BCUT2D eigenvalue weighted by atomic mass is 10.0. The smallest absolute Gasteiger partial charge is 0.122 e. The fourth-order valence-corrected chi connectivity index (χ4v) is 2.51. The summed E-state index contributed by atoms with van der Waals surface area (Å²) in [5.74, 6) is 0.578. The molecule has 1 rings (SSSR count). The van der Waals surface area contributed by atoms with Crippen LogP contribution in [0, 0.1) is 5.41 Å². The molecule has 0 amide bonds. The third-order valence-electron chi connectivity index (χ3n) is 3.99. The highest BCUT2D eigenvalue weighted by Gasteiger charge is 2.20. The maximum absolute atomic E-state index is 8.33. The molecule has 0 radical (unpaired) electrons. The zero-order chi connectivity index (χ0) is 15.1. The number of hydrogen-bond donors (Lipinski definition) is 3. The van der Waals surface area contributed by atoms with Crippen molar-refractivity contribution < 1.29 is 0 Å². The summed E-state index contributed by atoms with van der Waals surface area (Å²) < 4.78 is 0. The minimum Gasteiger partial charge on any atom is -0.381 e. The van der Waals surface area contributed by atoms with Gasteiger partial charge >= 0.3 is 0 Å². The Labute approximate surface area is 123 Å². The van der Waals surface area contributed by atoms with E-state index in [9.17, 15) is 0 Å². The molecule has 4 N–H and O–H groups in total. The van der Waals surface area contributed by atoms with Crippen LogP contribution in [0.3, 0.4) is 0 Å². The van der Waals surface area contributed by atoms with E-state index in [0.717, 1.165) is 24.2 Å². The monoisotopic (exact) mass is 278 g/mol. The van der Waals surface area contributed by atoms with E-state index in [4.69, 9.17) is 11.1 Å². The van der Waals surface area contributed by atoms with Crippen molar-refractivity contribution >= 4 is 5.84 Å². The molecule has 1 aliphatic rings. The van der Waals surface area contributed by atoms with E-state index in [-0.39, 0.29) is 6.04 Å². The van der Waals surface area contributed by atoms with Crippen molar-refractivity contribution in [2.75, 3.05) is 13.1 Å². The second kappa shape index (κ2) is 8.10. The van der Waals surface area contributed by atoms with E-state index < -0.39 is 0 Å². The lowest BCUT2D eigenvalue weighted by Gasteiger charge is -2.35. The molecule has 114 valence electrons. The third kappa shape index (κ3) is 4.67. The highest BCUT2D eigenvalue weighted by Crippen LogP contribution is 2.18. The Morgan fingerprint density at radius 1 is 1.55 bits per heavy atom. The maximum atomic E-state index is 8.33. The molecule has 4 nitrogen and oxygen atoms in total. The van der Waals surface area contributed by atoms with Crippen LogP contribution in [0.4, 0.5) is 0 Å². The molecule has 4 heteroatoms. The van der Waals surface area contributed by atoms with Crippen LogP contribution < -0.4 is 11.1 Å². The van der Waals surface area contributed by atoms with Gasteiger partial charge in [0.25, 0.3) is 0 Å². The first-order valence-corrected chi connectivity index (χ1v) is 7.69. The number of piperidine rings is 1. The molecule has 1 heterocycles. The minimum atomic E-state index is 0.240. The highest BCUT2D eigenvalue weighted by molar-refractivity contribution is 5.91. The summed E-state index contributed by atoms with van der Waals surface area (Å²) >= 11 is 0. The Bertz CT molecular complexity index is 369. The number of allylic oxidation sites excluding steroid dienone is 1. The summed E-state index contributed by atoms with van der Waals surface area (Å²) in [6.07, 6.45) is 6.49. The van der Waals surface area contributed by atoms with Crippen LogP contribution in [0.1, 0.15) is 46.5 Å². The van der Waals surface area contributed by atoms with Crippen molar-refractivity contribution in [3.05, 3.63) is 23.9 Å². The normalized spacial score (nSPS) is 21.5. The first kappa shape index (κ1) is 16.8. The minimum absolute atomic E-state index is 0.240. The van der Waals surface area contributed by atoms with Crippen LogP contribution in [0.15, 0.2) is 23.9 Å². The largest absolute Gasteiger partial charge is 0.381 e. The predicted octanol–water partition coefficient (Wildman–Crippen LogP) is 2.62. The van der Waals surface area contributed by atoms with Crippen molar-refractivity contribution in [1.82, 2.24) is 10.2 Å². The Balaban J connectivity index is 2.79. The SMILES string of the molecule is C=C(C)/C(=C/C(=N)N1CCCCC1C)NC(CC)CN. The summed E-state index contributed by atoms with van der Waals surface area (Å²) in [6.45, 7) is 11.9. The van der Waals surface area contributed by atoms with E-state index in [2.05, 4.69) is 30.6 Å². The second-order valence-electron chi connectivity index (χ2n) is 5.75. The molecule has 2 atom stereocenters. The molecule has 1 aliphatic heterocycles. The highest BCUT2D eigenvalue weighted by atomic mass is 15.2. The van der Waals surface area contributed by atoms with Crippen LogP contribution in [0.2, 0.25) is 0 Å². The summed E-state index contributed by atoms with van der Waals surface area (Å²) in [7, 11) is 0. The average Bonchev–Trinajstić information content (AvgIpc) is 2.43. The summed E-state index contributed by atoms with van der Waals surface area (Å²) in [5, 5.41) is 11.7. The van der Waals surface area contributed by atoms with E-state index in [1.165, 1.54) is 19.3 Å². The van der Waals surface area contributed by atoms with Crippen LogP contribution in [-0.4, -0.2) is 35.9 Å². The second-order valence-corrected chi connectivity index (χ2v) is 5.75. The van der Waals surface area contributed by atoms with E-state index >= 15 is 0 Å². The van der Waals surface area contributed by atoms with Gasteiger partial charge in [-0.2, -0.15) is 0 Å². The number of nitrogens with one attached hydrogen (secondary N) is 2. The Kier molecular flexibility index (Phi) is 6.79. The molecule has 0 saturated carbocycles. The van der Waals surface area contributed by atoms with Gasteiger partial charge in [-0.1, -0.05) is 13.5 Å². The molecule has 1 fully saturated rings. The zero-order valence-corrected chi connectivity index (χ0v) is 13.2. The van der Waals surface area contributed by atoms with Gasteiger partial charge in [0, 0.05) is 36.9 Å². The van der Waals surface area contributed by atoms with Gasteiger partial charge in [-0.05, 0) is 45.1 Å². The predicted molar refractivity (Wildman–Crippen MR) is 86.9 cm³/mol. The van der Waals surface area contributed by atoms with Gasteiger partial charge in [0.05, 0.1) is 0 Å². The molecule has 0 aromatic heterocycles. The number of amidine groups is 1. The molecule has 0 bridgehead atoms. The van der Waals surface area contributed by atoms with E-state index in [0.29, 0.717) is 18.4 Å². The first-order valence-electron chi connectivity index (χ1n) is 7.69. The van der Waals surface area contributed by atoms with Gasteiger partial charge in [-0.3, -0.25) is 5.41 Å². The number of nitrogens with zero attached hydrogens (tertiary/aromatic N) is 1.